The lowest BCUT2D eigenvalue weighted by Gasteiger charge is -2.29. The van der Waals surface area contributed by atoms with Gasteiger partial charge in [-0.15, -0.1) is 0 Å². The molecule has 116 valence electrons. The summed E-state index contributed by atoms with van der Waals surface area (Å²) in [6.07, 6.45) is 5.08. The highest BCUT2D eigenvalue weighted by Gasteiger charge is 2.36. The van der Waals surface area contributed by atoms with Crippen molar-refractivity contribution in [3.63, 3.8) is 0 Å². The minimum atomic E-state index is -0.324. The highest BCUT2D eigenvalue weighted by atomic mass is 32.2. The molecule has 0 unspecified atom stereocenters. The van der Waals surface area contributed by atoms with Crippen molar-refractivity contribution >= 4 is 29.0 Å². The van der Waals surface area contributed by atoms with Gasteiger partial charge in [0, 0.05) is 0 Å². The third kappa shape index (κ3) is 3.39. The lowest BCUT2D eigenvalue weighted by molar-refractivity contribution is -0.124. The van der Waals surface area contributed by atoms with Crippen molar-refractivity contribution in [1.29, 1.82) is 0 Å². The van der Waals surface area contributed by atoms with Gasteiger partial charge in [-0.3, -0.25) is 19.4 Å². The van der Waals surface area contributed by atoms with Gasteiger partial charge in [-0.25, -0.2) is 4.39 Å². The summed E-state index contributed by atoms with van der Waals surface area (Å²) >= 11 is 0.948. The molecular weight excluding hydrogens is 303 g/mol. The van der Waals surface area contributed by atoms with Gasteiger partial charge in [0.15, 0.2) is 0 Å². The van der Waals surface area contributed by atoms with Gasteiger partial charge in [0.25, 0.3) is 11.1 Å². The molecule has 0 aliphatic carbocycles. The number of thioether (sulfide) groups is 1. The molecule has 22 heavy (non-hydrogen) atoms. The van der Waals surface area contributed by atoms with Crippen LogP contribution >= 0.6 is 11.8 Å². The predicted molar refractivity (Wildman–Crippen MR) is 84.5 cm³/mol. The Morgan fingerprint density at radius 1 is 1.09 bits per heavy atom. The first-order chi connectivity index (χ1) is 10.6. The van der Waals surface area contributed by atoms with E-state index in [0.29, 0.717) is 17.1 Å². The van der Waals surface area contributed by atoms with Crippen molar-refractivity contribution in [1.82, 2.24) is 9.80 Å². The van der Waals surface area contributed by atoms with E-state index in [1.165, 1.54) is 23.5 Å². The first-order valence-electron chi connectivity index (χ1n) is 7.37. The minimum absolute atomic E-state index is 0.232. The van der Waals surface area contributed by atoms with Gasteiger partial charge in [-0.1, -0.05) is 18.6 Å². The number of likely N-dealkylation sites (tertiary alicyclic amines) is 1. The van der Waals surface area contributed by atoms with Gasteiger partial charge in [0.05, 0.1) is 11.6 Å². The van der Waals surface area contributed by atoms with E-state index in [2.05, 4.69) is 4.90 Å². The summed E-state index contributed by atoms with van der Waals surface area (Å²) in [5.74, 6) is -0.583. The quantitative estimate of drug-likeness (QED) is 0.801. The number of halogens is 1. The highest BCUT2D eigenvalue weighted by molar-refractivity contribution is 8.18. The van der Waals surface area contributed by atoms with Crippen molar-refractivity contribution in [3.8, 4) is 0 Å². The minimum Gasteiger partial charge on any atom is -0.286 e. The van der Waals surface area contributed by atoms with Crippen LogP contribution in [0.5, 0.6) is 0 Å². The number of amides is 2. The zero-order valence-electron chi connectivity index (χ0n) is 12.1. The maximum Gasteiger partial charge on any atom is 0.294 e. The zero-order chi connectivity index (χ0) is 15.5. The molecule has 6 heteroatoms. The summed E-state index contributed by atoms with van der Waals surface area (Å²) < 4.78 is 12.9. The molecule has 0 N–H and O–H groups in total. The molecule has 2 aliphatic rings. The van der Waals surface area contributed by atoms with E-state index in [-0.39, 0.29) is 17.0 Å². The highest BCUT2D eigenvalue weighted by Crippen LogP contribution is 2.32. The van der Waals surface area contributed by atoms with Gasteiger partial charge in [0.2, 0.25) is 0 Å². The third-order valence-corrected chi connectivity index (χ3v) is 4.74. The molecule has 2 saturated heterocycles. The van der Waals surface area contributed by atoms with Crippen LogP contribution in [0.2, 0.25) is 0 Å². The average Bonchev–Trinajstić information content (AvgIpc) is 2.78. The Kier molecular flexibility index (Phi) is 4.59. The van der Waals surface area contributed by atoms with Gasteiger partial charge < -0.3 is 0 Å². The molecule has 3 rings (SSSR count). The first-order valence-corrected chi connectivity index (χ1v) is 8.18. The molecule has 0 bridgehead atoms. The number of hydrogen-bond acceptors (Lipinski definition) is 4. The molecule has 0 radical (unpaired) electrons. The monoisotopic (exact) mass is 320 g/mol. The number of benzene rings is 1. The Morgan fingerprint density at radius 3 is 2.45 bits per heavy atom. The van der Waals surface area contributed by atoms with Crippen LogP contribution in [0.25, 0.3) is 6.08 Å². The second-order valence-electron chi connectivity index (χ2n) is 5.48. The van der Waals surface area contributed by atoms with E-state index in [0.717, 1.165) is 37.7 Å². The van der Waals surface area contributed by atoms with Gasteiger partial charge in [-0.2, -0.15) is 0 Å². The maximum atomic E-state index is 12.9. The number of carbonyl (C=O) groups is 2. The number of nitrogens with zero attached hydrogens (tertiary/aromatic N) is 2. The lowest BCUT2D eigenvalue weighted by Crippen LogP contribution is -2.42. The van der Waals surface area contributed by atoms with E-state index < -0.39 is 0 Å². The van der Waals surface area contributed by atoms with Crippen LogP contribution < -0.4 is 0 Å². The van der Waals surface area contributed by atoms with E-state index >= 15 is 0 Å². The SMILES string of the molecule is O=C1SC(=Cc2ccc(F)cc2)C(=O)N1CN1CCCCC1. The summed E-state index contributed by atoms with van der Waals surface area (Å²) in [6, 6.07) is 5.86. The molecule has 2 amide bonds. The van der Waals surface area contributed by atoms with E-state index in [1.54, 1.807) is 18.2 Å². The summed E-state index contributed by atoms with van der Waals surface area (Å²) in [5, 5.41) is -0.232. The molecule has 4 nitrogen and oxygen atoms in total. The zero-order valence-corrected chi connectivity index (χ0v) is 12.9. The molecule has 0 aromatic heterocycles. The van der Waals surface area contributed by atoms with Crippen LogP contribution in [0.3, 0.4) is 0 Å². The Labute approximate surface area is 133 Å². The van der Waals surface area contributed by atoms with Gasteiger partial charge >= 0.3 is 0 Å². The van der Waals surface area contributed by atoms with Crippen molar-refractivity contribution < 1.29 is 14.0 Å². The second kappa shape index (κ2) is 6.62. The molecule has 0 saturated carbocycles. The molecule has 1 aromatic rings. The second-order valence-corrected chi connectivity index (χ2v) is 6.47. The first kappa shape index (κ1) is 15.2. The van der Waals surface area contributed by atoms with Crippen LogP contribution in [-0.2, 0) is 4.79 Å². The van der Waals surface area contributed by atoms with E-state index in [9.17, 15) is 14.0 Å². The van der Waals surface area contributed by atoms with Crippen LogP contribution in [0.4, 0.5) is 9.18 Å². The van der Waals surface area contributed by atoms with Crippen LogP contribution in [0, 0.1) is 5.82 Å². The Bertz CT molecular complexity index is 609. The van der Waals surface area contributed by atoms with Gasteiger partial charge in [-0.05, 0) is 61.5 Å². The molecule has 1 aromatic carbocycles. The largest absolute Gasteiger partial charge is 0.294 e. The van der Waals surface area contributed by atoms with Crippen LogP contribution in [0.1, 0.15) is 24.8 Å². The third-order valence-electron chi connectivity index (χ3n) is 3.83. The van der Waals surface area contributed by atoms with Crippen LogP contribution in [0.15, 0.2) is 29.2 Å². The van der Waals surface area contributed by atoms with Crippen LogP contribution in [-0.4, -0.2) is 40.7 Å². The number of rotatable bonds is 3. The van der Waals surface area contributed by atoms with Crippen molar-refractivity contribution in [2.45, 2.75) is 19.3 Å². The number of carbonyl (C=O) groups excluding carboxylic acids is 2. The predicted octanol–water partition coefficient (Wildman–Crippen LogP) is 3.31. The van der Waals surface area contributed by atoms with E-state index in [4.69, 9.17) is 0 Å². The molecule has 2 aliphatic heterocycles. The lowest BCUT2D eigenvalue weighted by atomic mass is 10.1. The maximum absolute atomic E-state index is 12.9. The number of hydrogen-bond donors (Lipinski definition) is 0. The standard InChI is InChI=1S/C16H17FN2O2S/c17-13-6-4-12(5-7-13)10-14-15(20)19(16(21)22-14)11-18-8-2-1-3-9-18/h4-7,10H,1-3,8-9,11H2. The average molecular weight is 320 g/mol. The normalized spacial score (nSPS) is 21.9. The molecule has 2 fully saturated rings. The molecule has 2 heterocycles. The fourth-order valence-corrected chi connectivity index (χ4v) is 3.46. The summed E-state index contributed by atoms with van der Waals surface area (Å²) in [5.41, 5.74) is 0.713. The van der Waals surface area contributed by atoms with Gasteiger partial charge in [0.1, 0.15) is 5.82 Å². The molecule has 0 atom stereocenters. The van der Waals surface area contributed by atoms with Crippen molar-refractivity contribution in [2.24, 2.45) is 0 Å². The molecule has 0 spiro atoms. The van der Waals surface area contributed by atoms with E-state index in [1.807, 2.05) is 0 Å². The number of piperidine rings is 1. The summed E-state index contributed by atoms with van der Waals surface area (Å²) in [7, 11) is 0. The number of imide groups is 1. The van der Waals surface area contributed by atoms with Crippen molar-refractivity contribution in [2.75, 3.05) is 19.8 Å². The summed E-state index contributed by atoms with van der Waals surface area (Å²) in [4.78, 5) is 28.3. The Morgan fingerprint density at radius 2 is 1.77 bits per heavy atom. The Balaban J connectivity index is 1.71. The fourth-order valence-electron chi connectivity index (χ4n) is 2.63. The summed E-state index contributed by atoms with van der Waals surface area (Å²) in [6.45, 7) is 2.23. The van der Waals surface area contributed by atoms with Crippen molar-refractivity contribution in [3.05, 3.63) is 40.6 Å². The topological polar surface area (TPSA) is 40.6 Å². The molecular formula is C16H17FN2O2S. The smallest absolute Gasteiger partial charge is 0.286 e. The fraction of sp³-hybridized carbons (Fsp3) is 0.375. The Hall–Kier alpha value is -1.66.